The van der Waals surface area contributed by atoms with Crippen molar-refractivity contribution in [1.82, 2.24) is 0 Å². The molecule has 0 saturated heterocycles. The predicted molar refractivity (Wildman–Crippen MR) is 56.4 cm³/mol. The lowest BCUT2D eigenvalue weighted by molar-refractivity contribution is 0.560. The van der Waals surface area contributed by atoms with Crippen molar-refractivity contribution in [2.45, 2.75) is 13.8 Å². The van der Waals surface area contributed by atoms with Gasteiger partial charge in [-0.15, -0.1) is 0 Å². The molecule has 0 aliphatic carbocycles. The quantitative estimate of drug-likeness (QED) is 0.645. The van der Waals surface area contributed by atoms with Crippen LogP contribution in [0, 0.1) is 13.8 Å². The summed E-state index contributed by atoms with van der Waals surface area (Å²) >= 11 is 0. The summed E-state index contributed by atoms with van der Waals surface area (Å²) in [5.74, 6) is 0.625. The summed E-state index contributed by atoms with van der Waals surface area (Å²) in [6, 6.07) is 5.20. The van der Waals surface area contributed by atoms with E-state index >= 15 is 0 Å². The zero-order valence-corrected chi connectivity index (χ0v) is 8.13. The van der Waals surface area contributed by atoms with E-state index in [9.17, 15) is 4.79 Å². The van der Waals surface area contributed by atoms with Crippen LogP contribution in [0.3, 0.4) is 0 Å². The Bertz CT molecular complexity index is 555. The van der Waals surface area contributed by atoms with Crippen LogP contribution in [0.2, 0.25) is 0 Å². The van der Waals surface area contributed by atoms with E-state index in [0.29, 0.717) is 28.0 Å². The molecule has 0 aliphatic rings. The number of anilines is 1. The second-order valence-corrected chi connectivity index (χ2v) is 3.34. The third-order valence-corrected chi connectivity index (χ3v) is 2.41. The summed E-state index contributed by atoms with van der Waals surface area (Å²) < 4.78 is 5.48. The van der Waals surface area contributed by atoms with Crippen molar-refractivity contribution in [3.63, 3.8) is 0 Å². The SMILES string of the molecule is Cc1oc2c(N)cccc2c(=O)c1C. The normalized spacial score (nSPS) is 10.7. The largest absolute Gasteiger partial charge is 0.459 e. The minimum Gasteiger partial charge on any atom is -0.459 e. The summed E-state index contributed by atoms with van der Waals surface area (Å²) in [5.41, 5.74) is 7.34. The van der Waals surface area contributed by atoms with Gasteiger partial charge in [-0.1, -0.05) is 6.07 Å². The Morgan fingerprint density at radius 3 is 2.71 bits per heavy atom. The number of para-hydroxylation sites is 1. The second-order valence-electron chi connectivity index (χ2n) is 3.34. The summed E-state index contributed by atoms with van der Waals surface area (Å²) in [5, 5.41) is 0.549. The molecule has 1 aromatic carbocycles. The highest BCUT2D eigenvalue weighted by molar-refractivity contribution is 5.87. The topological polar surface area (TPSA) is 56.2 Å². The van der Waals surface area contributed by atoms with Crippen molar-refractivity contribution in [2.75, 3.05) is 5.73 Å². The summed E-state index contributed by atoms with van der Waals surface area (Å²) in [7, 11) is 0. The fourth-order valence-corrected chi connectivity index (χ4v) is 1.44. The zero-order valence-electron chi connectivity index (χ0n) is 8.13. The number of hydrogen-bond acceptors (Lipinski definition) is 3. The van der Waals surface area contributed by atoms with Crippen molar-refractivity contribution >= 4 is 16.7 Å². The van der Waals surface area contributed by atoms with Gasteiger partial charge < -0.3 is 10.2 Å². The van der Waals surface area contributed by atoms with Gasteiger partial charge in [-0.2, -0.15) is 0 Å². The molecule has 1 heterocycles. The standard InChI is InChI=1S/C11H11NO2/c1-6-7(2)14-11-8(10(6)13)4-3-5-9(11)12/h3-5H,12H2,1-2H3. The van der Waals surface area contributed by atoms with E-state index in [4.69, 9.17) is 10.2 Å². The Kier molecular flexibility index (Phi) is 1.81. The minimum atomic E-state index is -0.00366. The lowest BCUT2D eigenvalue weighted by Crippen LogP contribution is -2.07. The monoisotopic (exact) mass is 189 g/mol. The first kappa shape index (κ1) is 8.81. The molecular formula is C11H11NO2. The number of rotatable bonds is 0. The van der Waals surface area contributed by atoms with E-state index in [-0.39, 0.29) is 5.43 Å². The van der Waals surface area contributed by atoms with Gasteiger partial charge >= 0.3 is 0 Å². The summed E-state index contributed by atoms with van der Waals surface area (Å²) in [6.45, 7) is 3.52. The van der Waals surface area contributed by atoms with Gasteiger partial charge in [0.05, 0.1) is 11.1 Å². The highest BCUT2D eigenvalue weighted by Crippen LogP contribution is 2.20. The molecule has 2 aromatic rings. The molecule has 2 rings (SSSR count). The molecule has 0 atom stereocenters. The van der Waals surface area contributed by atoms with Gasteiger partial charge in [-0.3, -0.25) is 4.79 Å². The van der Waals surface area contributed by atoms with Crippen LogP contribution in [-0.2, 0) is 0 Å². The van der Waals surface area contributed by atoms with Crippen LogP contribution in [0.25, 0.3) is 11.0 Å². The molecule has 3 heteroatoms. The van der Waals surface area contributed by atoms with Crippen molar-refractivity contribution in [1.29, 1.82) is 0 Å². The van der Waals surface area contributed by atoms with E-state index in [2.05, 4.69) is 0 Å². The van der Waals surface area contributed by atoms with Crippen LogP contribution in [0.4, 0.5) is 5.69 Å². The number of aryl methyl sites for hydroxylation is 1. The van der Waals surface area contributed by atoms with Crippen LogP contribution >= 0.6 is 0 Å². The van der Waals surface area contributed by atoms with E-state index in [0.717, 1.165) is 0 Å². The lowest BCUT2D eigenvalue weighted by Gasteiger charge is -2.03. The second kappa shape index (κ2) is 2.87. The van der Waals surface area contributed by atoms with Crippen molar-refractivity contribution < 1.29 is 4.42 Å². The first-order valence-electron chi connectivity index (χ1n) is 4.40. The van der Waals surface area contributed by atoms with Gasteiger partial charge in [-0.05, 0) is 26.0 Å². The Hall–Kier alpha value is -1.77. The van der Waals surface area contributed by atoms with Gasteiger partial charge in [0.25, 0.3) is 0 Å². The van der Waals surface area contributed by atoms with Gasteiger partial charge in [0, 0.05) is 5.56 Å². The van der Waals surface area contributed by atoms with Crippen LogP contribution < -0.4 is 11.2 Å². The number of fused-ring (bicyclic) bond motifs is 1. The van der Waals surface area contributed by atoms with E-state index in [1.54, 1.807) is 32.0 Å². The lowest BCUT2D eigenvalue weighted by atomic mass is 10.1. The molecule has 3 nitrogen and oxygen atoms in total. The van der Waals surface area contributed by atoms with Crippen LogP contribution in [0.1, 0.15) is 11.3 Å². The van der Waals surface area contributed by atoms with Crippen molar-refractivity contribution in [3.8, 4) is 0 Å². The Balaban J connectivity index is 3.06. The molecule has 14 heavy (non-hydrogen) atoms. The number of hydrogen-bond donors (Lipinski definition) is 1. The zero-order chi connectivity index (χ0) is 10.3. The average Bonchev–Trinajstić information content (AvgIpc) is 2.17. The summed E-state index contributed by atoms with van der Waals surface area (Å²) in [6.07, 6.45) is 0. The molecule has 0 amide bonds. The predicted octanol–water partition coefficient (Wildman–Crippen LogP) is 1.99. The number of nitrogens with two attached hydrogens (primary N) is 1. The smallest absolute Gasteiger partial charge is 0.195 e. The molecule has 1 aromatic heterocycles. The van der Waals surface area contributed by atoms with E-state index < -0.39 is 0 Å². The molecule has 0 fully saturated rings. The first-order valence-corrected chi connectivity index (χ1v) is 4.40. The molecule has 0 saturated carbocycles. The fourth-order valence-electron chi connectivity index (χ4n) is 1.44. The maximum absolute atomic E-state index is 11.8. The van der Waals surface area contributed by atoms with Gasteiger partial charge in [0.1, 0.15) is 5.76 Å². The molecule has 0 unspecified atom stereocenters. The number of nitrogen functional groups attached to an aromatic ring is 1. The van der Waals surface area contributed by atoms with Crippen molar-refractivity contribution in [2.24, 2.45) is 0 Å². The van der Waals surface area contributed by atoms with Crippen LogP contribution in [0.5, 0.6) is 0 Å². The molecule has 0 radical (unpaired) electrons. The third kappa shape index (κ3) is 1.09. The Morgan fingerprint density at radius 1 is 1.29 bits per heavy atom. The molecule has 0 spiro atoms. The Morgan fingerprint density at radius 2 is 2.00 bits per heavy atom. The maximum Gasteiger partial charge on any atom is 0.195 e. The third-order valence-electron chi connectivity index (χ3n) is 2.41. The number of benzene rings is 1. The average molecular weight is 189 g/mol. The summed E-state index contributed by atoms with van der Waals surface area (Å²) in [4.78, 5) is 11.8. The molecule has 72 valence electrons. The maximum atomic E-state index is 11.8. The highest BCUT2D eigenvalue weighted by Gasteiger charge is 2.08. The van der Waals surface area contributed by atoms with E-state index in [1.807, 2.05) is 0 Å². The molecule has 2 N–H and O–H groups in total. The van der Waals surface area contributed by atoms with Crippen LogP contribution in [0.15, 0.2) is 27.4 Å². The van der Waals surface area contributed by atoms with Crippen LogP contribution in [-0.4, -0.2) is 0 Å². The molecule has 0 aliphatic heterocycles. The van der Waals surface area contributed by atoms with Crippen molar-refractivity contribution in [3.05, 3.63) is 39.7 Å². The van der Waals surface area contributed by atoms with Gasteiger partial charge in [0.2, 0.25) is 0 Å². The Labute approximate surface area is 81.1 Å². The minimum absolute atomic E-state index is 0.00366. The van der Waals surface area contributed by atoms with E-state index in [1.165, 1.54) is 0 Å². The molecular weight excluding hydrogens is 178 g/mol. The highest BCUT2D eigenvalue weighted by atomic mass is 16.3. The first-order chi connectivity index (χ1) is 6.61. The van der Waals surface area contributed by atoms with Gasteiger partial charge in [-0.25, -0.2) is 0 Å². The van der Waals surface area contributed by atoms with Gasteiger partial charge in [0.15, 0.2) is 11.0 Å². The molecule has 0 bridgehead atoms. The fraction of sp³-hybridized carbons (Fsp3) is 0.182.